The average molecular weight is 724 g/mol. The molecule has 1 aliphatic carbocycles. The minimum absolute atomic E-state index is 0. The molecule has 0 nitrogen and oxygen atoms in total. The minimum Gasteiger partial charge on any atom is -0.418 e. The third-order valence-corrected chi connectivity index (χ3v) is 11.8. The molecule has 44 heavy (non-hydrogen) atoms. The van der Waals surface area contributed by atoms with Gasteiger partial charge in [0.1, 0.15) is 0 Å². The van der Waals surface area contributed by atoms with Gasteiger partial charge in [-0.3, -0.25) is 0 Å². The third-order valence-electron chi connectivity index (χ3n) is 6.62. The summed E-state index contributed by atoms with van der Waals surface area (Å²) in [5.41, 5.74) is 0. The van der Waals surface area contributed by atoms with E-state index in [2.05, 4.69) is 146 Å². The molecule has 0 bridgehead atoms. The first-order valence-electron chi connectivity index (χ1n) is 14.8. The van der Waals surface area contributed by atoms with E-state index in [9.17, 15) is 17.3 Å². The Morgan fingerprint density at radius 1 is 0.409 bits per heavy atom. The van der Waals surface area contributed by atoms with Crippen LogP contribution in [0, 0.1) is 0 Å². The molecule has 0 N–H and O–H groups in total. The van der Waals surface area contributed by atoms with Crippen LogP contribution < -0.4 is 21.2 Å². The second-order valence-corrected chi connectivity index (χ2v) is 14.6. The molecule has 0 saturated carbocycles. The fourth-order valence-electron chi connectivity index (χ4n) is 4.64. The van der Waals surface area contributed by atoms with Crippen LogP contribution in [0.2, 0.25) is 0 Å². The quantitative estimate of drug-likeness (QED) is 0.0531. The van der Waals surface area contributed by atoms with E-state index in [4.69, 9.17) is 0 Å². The number of hydrogen-bond donors (Lipinski definition) is 0. The first-order valence-corrected chi connectivity index (χ1v) is 17.9. The van der Waals surface area contributed by atoms with E-state index in [0.29, 0.717) is 0 Å². The average Bonchev–Trinajstić information content (AvgIpc) is 3.00. The van der Waals surface area contributed by atoms with Crippen LogP contribution in [0.25, 0.3) is 0 Å². The van der Waals surface area contributed by atoms with E-state index in [1.807, 2.05) is 0 Å². The molecule has 0 aliphatic heterocycles. The molecule has 235 valence electrons. The van der Waals surface area contributed by atoms with Crippen molar-refractivity contribution in [3.8, 4) is 0 Å². The molecule has 1 radical (unpaired) electrons. The molecule has 0 aromatic heterocycles. The van der Waals surface area contributed by atoms with Crippen LogP contribution >= 0.6 is 15.8 Å². The number of hydrogen-bond acceptors (Lipinski definition) is 0. The Kier molecular flexibility index (Phi) is 19.1. The molecule has 1 aliphatic rings. The van der Waals surface area contributed by atoms with Crippen molar-refractivity contribution < 1.29 is 36.7 Å². The van der Waals surface area contributed by atoms with Crippen LogP contribution in [0.5, 0.6) is 0 Å². The van der Waals surface area contributed by atoms with Gasteiger partial charge in [-0.15, -0.1) is 0 Å². The smallest absolute Gasteiger partial charge is 0.418 e. The number of rotatable bonds is 9. The Morgan fingerprint density at radius 2 is 0.614 bits per heavy atom. The van der Waals surface area contributed by atoms with E-state index in [0.717, 1.165) is 0 Å². The molecule has 4 aromatic carbocycles. The van der Waals surface area contributed by atoms with Gasteiger partial charge in [-0.25, -0.2) is 0 Å². The topological polar surface area (TPSA) is 0 Å². The molecule has 0 spiro atoms. The maximum Gasteiger partial charge on any atom is 0.673 e. The standard InChI is InChI=1S/C28H28P2.C8H12.BF4.Rh/c1-5-15-25(16-6-1)29(26-17-7-2-8-18-26)23-13-14-24-30(27-19-9-3-10-20-27)28-21-11-4-12-22-28;1-2-4-6-8-7-5-3-1;2-1(3,4)5;/h1-12,15-22H,13-14,23-24H2;1-2,7-8H,3-6H2;;/q;;-1;/b;2-1-,8-7?;;. The van der Waals surface area contributed by atoms with Crippen molar-refractivity contribution in [2.24, 2.45) is 0 Å². The Morgan fingerprint density at radius 3 is 0.818 bits per heavy atom. The van der Waals surface area contributed by atoms with Crippen molar-refractivity contribution in [3.05, 3.63) is 146 Å². The number of benzene rings is 4. The fourth-order valence-corrected chi connectivity index (χ4v) is 9.48. The maximum absolute atomic E-state index is 9.75. The van der Waals surface area contributed by atoms with Gasteiger partial charge in [-0.2, -0.15) is 0 Å². The van der Waals surface area contributed by atoms with Crippen molar-refractivity contribution in [2.75, 3.05) is 12.3 Å². The normalized spacial score (nSPS) is 13.3. The zero-order valence-corrected chi connectivity index (χ0v) is 28.3. The minimum atomic E-state index is -6.00. The summed E-state index contributed by atoms with van der Waals surface area (Å²) in [6.07, 6.45) is 19.1. The van der Waals surface area contributed by atoms with Gasteiger partial charge in [0.05, 0.1) is 0 Å². The van der Waals surface area contributed by atoms with E-state index < -0.39 is 7.25 Å². The summed E-state index contributed by atoms with van der Waals surface area (Å²) in [5, 5.41) is 5.97. The van der Waals surface area contributed by atoms with Crippen molar-refractivity contribution in [2.45, 2.75) is 38.5 Å². The summed E-state index contributed by atoms with van der Waals surface area (Å²) in [6.45, 7) is 0. The third kappa shape index (κ3) is 16.1. The van der Waals surface area contributed by atoms with Crippen molar-refractivity contribution in [3.63, 3.8) is 0 Å². The van der Waals surface area contributed by atoms with Gasteiger partial charge in [0.15, 0.2) is 0 Å². The molecule has 8 heteroatoms. The Hall–Kier alpha value is -2.37. The predicted octanol–water partition coefficient (Wildman–Crippen LogP) is 10.0. The molecule has 0 unspecified atom stereocenters. The van der Waals surface area contributed by atoms with E-state index >= 15 is 0 Å². The summed E-state index contributed by atoms with van der Waals surface area (Å²) in [4.78, 5) is 0. The number of allylic oxidation sites excluding steroid dienone is 4. The van der Waals surface area contributed by atoms with Crippen LogP contribution in [0.15, 0.2) is 146 Å². The van der Waals surface area contributed by atoms with Gasteiger partial charge in [0.2, 0.25) is 0 Å². The van der Waals surface area contributed by atoms with Crippen LogP contribution in [0.4, 0.5) is 17.3 Å². The molecular formula is C36H40BF4P2Rh-. The van der Waals surface area contributed by atoms with Crippen molar-refractivity contribution in [1.29, 1.82) is 0 Å². The van der Waals surface area contributed by atoms with Gasteiger partial charge < -0.3 is 17.3 Å². The van der Waals surface area contributed by atoms with Gasteiger partial charge in [0.25, 0.3) is 0 Å². The van der Waals surface area contributed by atoms with Crippen LogP contribution in [-0.2, 0) is 19.5 Å². The van der Waals surface area contributed by atoms with Crippen molar-refractivity contribution in [1.82, 2.24) is 0 Å². The molecule has 0 heterocycles. The van der Waals surface area contributed by atoms with Gasteiger partial charge in [-0.05, 0) is 87.9 Å². The fraction of sp³-hybridized carbons (Fsp3) is 0.222. The van der Waals surface area contributed by atoms with Gasteiger partial charge in [0, 0.05) is 19.5 Å². The Bertz CT molecular complexity index is 1130. The van der Waals surface area contributed by atoms with E-state index in [-0.39, 0.29) is 35.3 Å². The zero-order chi connectivity index (χ0) is 30.6. The van der Waals surface area contributed by atoms with E-state index in [1.54, 1.807) is 0 Å². The predicted molar refractivity (Wildman–Crippen MR) is 184 cm³/mol. The molecule has 5 rings (SSSR count). The summed E-state index contributed by atoms with van der Waals surface area (Å²) in [5.74, 6) is 0. The number of unbranched alkanes of at least 4 members (excludes halogenated alkanes) is 1. The first-order chi connectivity index (χ1) is 20.9. The van der Waals surface area contributed by atoms with Gasteiger partial charge >= 0.3 is 7.25 Å². The summed E-state index contributed by atoms with van der Waals surface area (Å²) in [6, 6.07) is 44.3. The molecule has 4 aromatic rings. The Balaban J connectivity index is 0.000000402. The monoisotopic (exact) mass is 724 g/mol. The van der Waals surface area contributed by atoms with Crippen molar-refractivity contribution >= 4 is 44.3 Å². The van der Waals surface area contributed by atoms with Crippen LogP contribution in [-0.4, -0.2) is 19.6 Å². The maximum atomic E-state index is 9.75. The van der Waals surface area contributed by atoms with Gasteiger partial charge in [-0.1, -0.05) is 146 Å². The first kappa shape index (κ1) is 37.8. The zero-order valence-electron chi connectivity index (χ0n) is 24.8. The summed E-state index contributed by atoms with van der Waals surface area (Å²) >= 11 is 0. The molecule has 0 saturated heterocycles. The largest absolute Gasteiger partial charge is 0.673 e. The van der Waals surface area contributed by atoms with Crippen LogP contribution in [0.3, 0.4) is 0 Å². The van der Waals surface area contributed by atoms with E-state index in [1.165, 1.54) is 72.1 Å². The molecular weight excluding hydrogens is 684 g/mol. The second-order valence-electron chi connectivity index (χ2n) is 9.94. The molecule has 0 atom stereocenters. The van der Waals surface area contributed by atoms with Crippen LogP contribution in [0.1, 0.15) is 38.5 Å². The Labute approximate surface area is 276 Å². The number of halogens is 4. The summed E-state index contributed by atoms with van der Waals surface area (Å²) < 4.78 is 39.0. The summed E-state index contributed by atoms with van der Waals surface area (Å²) in [7, 11) is -6.57. The second kappa shape index (κ2) is 22.2. The molecule has 0 amide bonds. The SMILES string of the molecule is C1=CCC/C=C\CC1.F[B-](F)(F)F.[Rh].c1ccc(P(CCCCP(c2ccccc2)c2ccccc2)c2ccccc2)cc1. The molecule has 0 fully saturated rings.